The minimum Gasteiger partial charge on any atom is -0.508 e. The van der Waals surface area contributed by atoms with E-state index in [1.54, 1.807) is 42.6 Å². The van der Waals surface area contributed by atoms with Gasteiger partial charge in [-0.15, -0.1) is 0 Å². The molecule has 2 aromatic carbocycles. The molecule has 132 valence electrons. The number of halogens is 2. The number of aromatic hydroxyl groups is 1. The first kappa shape index (κ1) is 17.9. The van der Waals surface area contributed by atoms with Gasteiger partial charge in [-0.2, -0.15) is 0 Å². The summed E-state index contributed by atoms with van der Waals surface area (Å²) >= 11 is 6.12. The summed E-state index contributed by atoms with van der Waals surface area (Å²) in [5.74, 6) is -0.493. The normalized spacial score (nSPS) is 10.5. The molecule has 0 fully saturated rings. The van der Waals surface area contributed by atoms with Crippen LogP contribution in [0, 0.1) is 5.82 Å². The lowest BCUT2D eigenvalue weighted by Gasteiger charge is -2.08. The van der Waals surface area contributed by atoms with Crippen LogP contribution in [0.3, 0.4) is 0 Å². The van der Waals surface area contributed by atoms with Crippen molar-refractivity contribution in [2.75, 3.05) is 0 Å². The smallest absolute Gasteiger partial charge is 0.226 e. The summed E-state index contributed by atoms with van der Waals surface area (Å²) in [6.07, 6.45) is 1.72. The quantitative estimate of drug-likeness (QED) is 0.710. The lowest BCUT2D eigenvalue weighted by molar-refractivity contribution is -0.120. The number of hydrogen-bond acceptors (Lipinski definition) is 3. The van der Waals surface area contributed by atoms with E-state index in [0.717, 1.165) is 11.1 Å². The highest BCUT2D eigenvalue weighted by Crippen LogP contribution is 2.30. The molecule has 0 bridgehead atoms. The number of amides is 1. The third-order valence-electron chi connectivity index (χ3n) is 3.86. The zero-order valence-electron chi connectivity index (χ0n) is 13.7. The maximum atomic E-state index is 13.5. The second-order valence-corrected chi connectivity index (χ2v) is 6.15. The molecule has 3 rings (SSSR count). The van der Waals surface area contributed by atoms with Crippen LogP contribution in [0.15, 0.2) is 60.8 Å². The number of carbonyl (C=O) groups is 1. The number of rotatable bonds is 5. The molecular weight excluding hydrogens is 355 g/mol. The Morgan fingerprint density at radius 3 is 2.65 bits per heavy atom. The van der Waals surface area contributed by atoms with E-state index in [0.29, 0.717) is 16.3 Å². The molecule has 1 aromatic heterocycles. The van der Waals surface area contributed by atoms with E-state index in [1.165, 1.54) is 12.1 Å². The van der Waals surface area contributed by atoms with Crippen LogP contribution in [-0.2, 0) is 17.8 Å². The largest absolute Gasteiger partial charge is 0.508 e. The summed E-state index contributed by atoms with van der Waals surface area (Å²) in [6, 6.07) is 14.6. The molecule has 3 aromatic rings. The Morgan fingerprint density at radius 2 is 1.96 bits per heavy atom. The number of carbonyl (C=O) groups excluding carboxylic acids is 1. The summed E-state index contributed by atoms with van der Waals surface area (Å²) in [5.41, 5.74) is 2.55. The summed E-state index contributed by atoms with van der Waals surface area (Å²) < 4.78 is 13.5. The first-order valence-corrected chi connectivity index (χ1v) is 8.34. The fourth-order valence-corrected chi connectivity index (χ4v) is 2.77. The van der Waals surface area contributed by atoms with Crippen molar-refractivity contribution in [3.63, 3.8) is 0 Å². The van der Waals surface area contributed by atoms with Gasteiger partial charge in [-0.25, -0.2) is 4.39 Å². The van der Waals surface area contributed by atoms with Crippen LogP contribution in [0.4, 0.5) is 4.39 Å². The Bertz CT molecular complexity index is 929. The van der Waals surface area contributed by atoms with Crippen molar-refractivity contribution < 1.29 is 14.3 Å². The van der Waals surface area contributed by atoms with Gasteiger partial charge in [0.05, 0.1) is 11.4 Å². The second-order valence-electron chi connectivity index (χ2n) is 5.75. The monoisotopic (exact) mass is 370 g/mol. The maximum absolute atomic E-state index is 13.5. The molecule has 0 aliphatic rings. The molecule has 1 amide bonds. The first-order chi connectivity index (χ1) is 12.5. The van der Waals surface area contributed by atoms with Crippen molar-refractivity contribution in [3.8, 4) is 16.9 Å². The third-order valence-corrected chi connectivity index (χ3v) is 4.18. The summed E-state index contributed by atoms with van der Waals surface area (Å²) in [6.45, 7) is 0.132. The minimum atomic E-state index is -0.346. The first-order valence-electron chi connectivity index (χ1n) is 7.97. The van der Waals surface area contributed by atoms with Gasteiger partial charge >= 0.3 is 0 Å². The Labute approximate surface area is 155 Å². The van der Waals surface area contributed by atoms with Crippen molar-refractivity contribution in [1.82, 2.24) is 10.3 Å². The van der Waals surface area contributed by atoms with Gasteiger partial charge in [0, 0.05) is 35.1 Å². The van der Waals surface area contributed by atoms with Gasteiger partial charge in [0.25, 0.3) is 0 Å². The number of phenols is 1. The highest BCUT2D eigenvalue weighted by molar-refractivity contribution is 6.33. The lowest BCUT2D eigenvalue weighted by Crippen LogP contribution is -2.25. The van der Waals surface area contributed by atoms with Crippen LogP contribution < -0.4 is 5.32 Å². The molecule has 0 aliphatic carbocycles. The molecule has 0 radical (unpaired) electrons. The average molecular weight is 371 g/mol. The summed E-state index contributed by atoms with van der Waals surface area (Å²) in [7, 11) is 0. The Hall–Kier alpha value is -2.92. The highest BCUT2D eigenvalue weighted by Gasteiger charge is 2.09. The molecule has 0 unspecified atom stereocenters. The van der Waals surface area contributed by atoms with Gasteiger partial charge in [0.2, 0.25) is 5.91 Å². The Kier molecular flexibility index (Phi) is 5.49. The van der Waals surface area contributed by atoms with Crippen LogP contribution in [0.2, 0.25) is 5.02 Å². The number of phenolic OH excluding ortho intramolecular Hbond substituents is 1. The molecule has 0 saturated heterocycles. The van der Waals surface area contributed by atoms with E-state index in [2.05, 4.69) is 10.3 Å². The van der Waals surface area contributed by atoms with Crippen LogP contribution in [0.1, 0.15) is 11.3 Å². The van der Waals surface area contributed by atoms with Crippen LogP contribution in [0.5, 0.6) is 5.75 Å². The van der Waals surface area contributed by atoms with Crippen molar-refractivity contribution in [3.05, 3.63) is 82.9 Å². The van der Waals surface area contributed by atoms with Crippen LogP contribution in [0.25, 0.3) is 11.1 Å². The molecule has 0 aliphatic heterocycles. The van der Waals surface area contributed by atoms with Crippen molar-refractivity contribution in [2.24, 2.45) is 0 Å². The van der Waals surface area contributed by atoms with Gasteiger partial charge in [-0.1, -0.05) is 35.9 Å². The standard InChI is InChI=1S/C20H16ClFN2O2/c21-18-10-16(25)7-8-17(18)13-5-6-15(23-11-13)9-20(26)24-12-14-3-1-2-4-19(14)22/h1-8,10-11,25H,9,12H2,(H,24,26). The molecule has 1 heterocycles. The number of pyridine rings is 1. The molecule has 0 atom stereocenters. The fourth-order valence-electron chi connectivity index (χ4n) is 2.49. The maximum Gasteiger partial charge on any atom is 0.226 e. The molecule has 0 saturated carbocycles. The number of nitrogens with zero attached hydrogens (tertiary/aromatic N) is 1. The predicted octanol–water partition coefficient (Wildman–Crippen LogP) is 4.11. The van der Waals surface area contributed by atoms with Gasteiger partial charge in [-0.05, 0) is 30.3 Å². The SMILES string of the molecule is O=C(Cc1ccc(-c2ccc(O)cc2Cl)cn1)NCc1ccccc1F. The van der Waals surface area contributed by atoms with Crippen molar-refractivity contribution in [2.45, 2.75) is 13.0 Å². The van der Waals surface area contributed by atoms with Gasteiger partial charge in [-0.3, -0.25) is 9.78 Å². The third kappa shape index (κ3) is 4.37. The average Bonchev–Trinajstić information content (AvgIpc) is 2.62. The van der Waals surface area contributed by atoms with Gasteiger partial charge in [0.15, 0.2) is 0 Å². The predicted molar refractivity (Wildman–Crippen MR) is 98.3 cm³/mol. The number of aromatic nitrogens is 1. The zero-order chi connectivity index (χ0) is 18.5. The number of hydrogen-bond donors (Lipinski definition) is 2. The fraction of sp³-hybridized carbons (Fsp3) is 0.100. The van der Waals surface area contributed by atoms with E-state index in [-0.39, 0.29) is 30.4 Å². The molecule has 4 nitrogen and oxygen atoms in total. The van der Waals surface area contributed by atoms with E-state index < -0.39 is 0 Å². The molecule has 0 spiro atoms. The second kappa shape index (κ2) is 7.97. The Morgan fingerprint density at radius 1 is 1.15 bits per heavy atom. The molecule has 6 heteroatoms. The van der Waals surface area contributed by atoms with Crippen LogP contribution >= 0.6 is 11.6 Å². The zero-order valence-corrected chi connectivity index (χ0v) is 14.5. The lowest BCUT2D eigenvalue weighted by atomic mass is 10.1. The van der Waals surface area contributed by atoms with E-state index in [4.69, 9.17) is 11.6 Å². The molecule has 2 N–H and O–H groups in total. The topological polar surface area (TPSA) is 62.2 Å². The van der Waals surface area contributed by atoms with E-state index in [9.17, 15) is 14.3 Å². The van der Waals surface area contributed by atoms with Crippen molar-refractivity contribution >= 4 is 17.5 Å². The van der Waals surface area contributed by atoms with Gasteiger partial charge < -0.3 is 10.4 Å². The molecule has 26 heavy (non-hydrogen) atoms. The van der Waals surface area contributed by atoms with Crippen LogP contribution in [-0.4, -0.2) is 16.0 Å². The number of benzene rings is 2. The minimum absolute atomic E-state index is 0.0925. The van der Waals surface area contributed by atoms with Gasteiger partial charge in [0.1, 0.15) is 11.6 Å². The Balaban J connectivity index is 1.62. The summed E-state index contributed by atoms with van der Waals surface area (Å²) in [4.78, 5) is 16.3. The highest BCUT2D eigenvalue weighted by atomic mass is 35.5. The summed E-state index contributed by atoms with van der Waals surface area (Å²) in [5, 5.41) is 12.5. The molecular formula is C20H16ClFN2O2. The van der Waals surface area contributed by atoms with E-state index in [1.807, 2.05) is 6.07 Å². The van der Waals surface area contributed by atoms with E-state index >= 15 is 0 Å². The van der Waals surface area contributed by atoms with Crippen molar-refractivity contribution in [1.29, 1.82) is 0 Å². The number of nitrogens with one attached hydrogen (secondary N) is 1.